The number of methoxy groups -OCH3 is 1. The van der Waals surface area contributed by atoms with E-state index in [9.17, 15) is 4.79 Å². The van der Waals surface area contributed by atoms with Crippen LogP contribution in [0.15, 0.2) is 47.6 Å². The highest BCUT2D eigenvalue weighted by molar-refractivity contribution is 5.96. The molecule has 2 rings (SSSR count). The molecule has 0 aliphatic heterocycles. The van der Waals surface area contributed by atoms with Crippen LogP contribution >= 0.6 is 0 Å². The summed E-state index contributed by atoms with van der Waals surface area (Å²) in [6.07, 6.45) is 1.57. The Kier molecular flexibility index (Phi) is 5.74. The van der Waals surface area contributed by atoms with Crippen LogP contribution in [0.1, 0.15) is 28.4 Å². The molecule has 0 unspecified atom stereocenters. The highest BCUT2D eigenvalue weighted by atomic mass is 16.5. The molecule has 0 fully saturated rings. The van der Waals surface area contributed by atoms with Gasteiger partial charge in [0.1, 0.15) is 0 Å². The molecule has 0 atom stereocenters. The van der Waals surface area contributed by atoms with Crippen LogP contribution in [0.2, 0.25) is 0 Å². The van der Waals surface area contributed by atoms with E-state index in [1.54, 1.807) is 25.5 Å². The number of nitrogens with one attached hydrogen (secondary N) is 1. The number of carbonyl (C=O) groups excluding carboxylic acids is 1. The first-order valence-corrected chi connectivity index (χ1v) is 7.35. The molecule has 0 saturated carbocycles. The predicted octanol–water partition coefficient (Wildman–Crippen LogP) is 3.17. The third-order valence-electron chi connectivity index (χ3n) is 3.26. The van der Waals surface area contributed by atoms with Crippen LogP contribution in [-0.4, -0.2) is 25.8 Å². The van der Waals surface area contributed by atoms with Crippen molar-refractivity contribution in [1.29, 1.82) is 0 Å². The van der Waals surface area contributed by atoms with Gasteiger partial charge >= 0.3 is 0 Å². The lowest BCUT2D eigenvalue weighted by Gasteiger charge is -2.09. The molecule has 1 N–H and O–H groups in total. The molecule has 0 bridgehead atoms. The maximum atomic E-state index is 12.1. The fraction of sp³-hybridized carbons (Fsp3) is 0.222. The van der Waals surface area contributed by atoms with Gasteiger partial charge in [-0.15, -0.1) is 0 Å². The number of hydrogen-bond donors (Lipinski definition) is 1. The lowest BCUT2D eigenvalue weighted by atomic mass is 10.1. The van der Waals surface area contributed by atoms with E-state index in [-0.39, 0.29) is 5.91 Å². The summed E-state index contributed by atoms with van der Waals surface area (Å²) in [6, 6.07) is 12.8. The van der Waals surface area contributed by atoms with Gasteiger partial charge in [0.05, 0.1) is 19.9 Å². The molecule has 1 amide bonds. The Balaban J connectivity index is 2.07. The van der Waals surface area contributed by atoms with Crippen molar-refractivity contribution in [1.82, 2.24) is 5.43 Å². The molecule has 0 saturated heterocycles. The second kappa shape index (κ2) is 7.98. The van der Waals surface area contributed by atoms with Crippen LogP contribution in [0, 0.1) is 6.92 Å². The molecule has 5 heteroatoms. The summed E-state index contributed by atoms with van der Waals surface area (Å²) in [4.78, 5) is 12.1. The van der Waals surface area contributed by atoms with Crippen LogP contribution in [0.3, 0.4) is 0 Å². The maximum absolute atomic E-state index is 12.1. The number of rotatable bonds is 6. The average Bonchev–Trinajstić information content (AvgIpc) is 2.56. The van der Waals surface area contributed by atoms with Crippen LogP contribution < -0.4 is 14.9 Å². The third kappa shape index (κ3) is 4.32. The normalized spacial score (nSPS) is 10.6. The van der Waals surface area contributed by atoms with E-state index in [1.165, 1.54) is 0 Å². The smallest absolute Gasteiger partial charge is 0.271 e. The molecule has 0 aromatic heterocycles. The van der Waals surface area contributed by atoms with E-state index in [2.05, 4.69) is 10.5 Å². The summed E-state index contributed by atoms with van der Waals surface area (Å²) in [5.74, 6) is 1.06. The summed E-state index contributed by atoms with van der Waals surface area (Å²) < 4.78 is 10.7. The summed E-state index contributed by atoms with van der Waals surface area (Å²) in [5, 5.41) is 3.99. The molecule has 0 aliphatic carbocycles. The number of nitrogens with zero attached hydrogens (tertiary/aromatic N) is 1. The first-order valence-electron chi connectivity index (χ1n) is 7.35. The second-order valence-corrected chi connectivity index (χ2v) is 4.86. The minimum Gasteiger partial charge on any atom is -0.493 e. The molecule has 0 heterocycles. The molecular weight excluding hydrogens is 292 g/mol. The predicted molar refractivity (Wildman–Crippen MR) is 90.4 cm³/mol. The summed E-state index contributed by atoms with van der Waals surface area (Å²) in [6.45, 7) is 4.33. The zero-order valence-electron chi connectivity index (χ0n) is 13.5. The standard InChI is InChI=1S/C18H20N2O3/c1-4-23-17-11-14(9-10-16(17)22-3)12-19-20-18(21)15-8-6-5-7-13(15)2/h5-12H,4H2,1-3H3,(H,20,21)/b19-12-. The highest BCUT2D eigenvalue weighted by Gasteiger charge is 2.07. The third-order valence-corrected chi connectivity index (χ3v) is 3.26. The van der Waals surface area contributed by atoms with E-state index in [0.29, 0.717) is 23.7 Å². The topological polar surface area (TPSA) is 59.9 Å². The Hall–Kier alpha value is -2.82. The number of amides is 1. The van der Waals surface area contributed by atoms with Crippen molar-refractivity contribution in [2.75, 3.05) is 13.7 Å². The Labute approximate surface area is 135 Å². The molecule has 5 nitrogen and oxygen atoms in total. The van der Waals surface area contributed by atoms with Gasteiger partial charge in [-0.3, -0.25) is 4.79 Å². The van der Waals surface area contributed by atoms with Crippen molar-refractivity contribution in [3.8, 4) is 11.5 Å². The molecule has 2 aromatic carbocycles. The Morgan fingerprint density at radius 2 is 2.00 bits per heavy atom. The van der Waals surface area contributed by atoms with Crippen molar-refractivity contribution in [3.63, 3.8) is 0 Å². The average molecular weight is 312 g/mol. The van der Waals surface area contributed by atoms with Gasteiger partial charge in [0.2, 0.25) is 0 Å². The minimum absolute atomic E-state index is 0.238. The lowest BCUT2D eigenvalue weighted by molar-refractivity contribution is 0.0954. The zero-order chi connectivity index (χ0) is 16.7. The lowest BCUT2D eigenvalue weighted by Crippen LogP contribution is -2.18. The monoisotopic (exact) mass is 312 g/mol. The van der Waals surface area contributed by atoms with Gasteiger partial charge in [0.15, 0.2) is 11.5 Å². The van der Waals surface area contributed by atoms with Gasteiger partial charge in [-0.2, -0.15) is 5.10 Å². The van der Waals surface area contributed by atoms with Gasteiger partial charge in [-0.1, -0.05) is 18.2 Å². The van der Waals surface area contributed by atoms with Crippen molar-refractivity contribution in [3.05, 3.63) is 59.2 Å². The van der Waals surface area contributed by atoms with E-state index < -0.39 is 0 Å². The number of hydrazone groups is 1. The quantitative estimate of drug-likeness (QED) is 0.658. The molecule has 0 aliphatic rings. The van der Waals surface area contributed by atoms with Gasteiger partial charge in [0.25, 0.3) is 5.91 Å². The minimum atomic E-state index is -0.238. The fourth-order valence-corrected chi connectivity index (χ4v) is 2.10. The number of benzene rings is 2. The molecular formula is C18H20N2O3. The van der Waals surface area contributed by atoms with Gasteiger partial charge in [-0.25, -0.2) is 5.43 Å². The highest BCUT2D eigenvalue weighted by Crippen LogP contribution is 2.27. The summed E-state index contributed by atoms with van der Waals surface area (Å²) in [7, 11) is 1.59. The van der Waals surface area contributed by atoms with Gasteiger partial charge in [-0.05, 0) is 49.2 Å². The van der Waals surface area contributed by atoms with Gasteiger partial charge in [0, 0.05) is 5.56 Å². The van der Waals surface area contributed by atoms with Crippen molar-refractivity contribution < 1.29 is 14.3 Å². The molecule has 0 radical (unpaired) electrons. The Bertz CT molecular complexity index is 711. The fourth-order valence-electron chi connectivity index (χ4n) is 2.10. The van der Waals surface area contributed by atoms with E-state index >= 15 is 0 Å². The van der Waals surface area contributed by atoms with Gasteiger partial charge < -0.3 is 9.47 Å². The van der Waals surface area contributed by atoms with Crippen LogP contribution in [0.4, 0.5) is 0 Å². The van der Waals surface area contributed by atoms with E-state index in [4.69, 9.17) is 9.47 Å². The molecule has 0 spiro atoms. The second-order valence-electron chi connectivity index (χ2n) is 4.86. The maximum Gasteiger partial charge on any atom is 0.271 e. The number of carbonyl (C=O) groups is 1. The number of ether oxygens (including phenoxy) is 2. The zero-order valence-corrected chi connectivity index (χ0v) is 13.5. The van der Waals surface area contributed by atoms with Crippen molar-refractivity contribution >= 4 is 12.1 Å². The Morgan fingerprint density at radius 3 is 2.70 bits per heavy atom. The first kappa shape index (κ1) is 16.5. The molecule has 2 aromatic rings. The first-order chi connectivity index (χ1) is 11.2. The van der Waals surface area contributed by atoms with Crippen LogP contribution in [-0.2, 0) is 0 Å². The number of hydrogen-bond acceptors (Lipinski definition) is 4. The largest absolute Gasteiger partial charge is 0.493 e. The van der Waals surface area contributed by atoms with E-state index in [0.717, 1.165) is 11.1 Å². The summed E-state index contributed by atoms with van der Waals surface area (Å²) >= 11 is 0. The van der Waals surface area contributed by atoms with E-state index in [1.807, 2.05) is 44.2 Å². The van der Waals surface area contributed by atoms with Crippen LogP contribution in [0.5, 0.6) is 11.5 Å². The molecule has 23 heavy (non-hydrogen) atoms. The SMILES string of the molecule is CCOc1cc(/C=N\NC(=O)c2ccccc2C)ccc1OC. The van der Waals surface area contributed by atoms with Crippen LogP contribution in [0.25, 0.3) is 0 Å². The molecule has 120 valence electrons. The summed E-state index contributed by atoms with van der Waals surface area (Å²) in [5.41, 5.74) is 4.84. The number of aryl methyl sites for hydroxylation is 1. The van der Waals surface area contributed by atoms with Crippen molar-refractivity contribution in [2.45, 2.75) is 13.8 Å². The van der Waals surface area contributed by atoms with Crippen molar-refractivity contribution in [2.24, 2.45) is 5.10 Å². The Morgan fingerprint density at radius 1 is 1.22 bits per heavy atom.